The third-order valence-electron chi connectivity index (χ3n) is 3.97. The van der Waals surface area contributed by atoms with E-state index in [4.69, 9.17) is 4.74 Å². The SMILES string of the molecule is C=CC(O)(/C=C1\C(C)C12CC(CC)=N2)COC. The molecule has 0 radical (unpaired) electrons. The van der Waals surface area contributed by atoms with Gasteiger partial charge in [0.2, 0.25) is 0 Å². The molecular formula is C14H21NO2. The Balaban J connectivity index is 2.16. The van der Waals surface area contributed by atoms with Gasteiger partial charge in [-0.25, -0.2) is 0 Å². The summed E-state index contributed by atoms with van der Waals surface area (Å²) in [5, 5.41) is 10.3. The first kappa shape index (κ1) is 12.5. The Labute approximate surface area is 103 Å². The Kier molecular flexibility index (Phi) is 3.00. The van der Waals surface area contributed by atoms with E-state index >= 15 is 0 Å². The van der Waals surface area contributed by atoms with Crippen molar-refractivity contribution in [1.29, 1.82) is 0 Å². The van der Waals surface area contributed by atoms with Crippen molar-refractivity contribution >= 4 is 5.71 Å². The van der Waals surface area contributed by atoms with E-state index in [2.05, 4.69) is 25.4 Å². The summed E-state index contributed by atoms with van der Waals surface area (Å²) in [5.41, 5.74) is 1.47. The lowest BCUT2D eigenvalue weighted by Crippen LogP contribution is -2.30. The Hall–Kier alpha value is -0.930. The first-order valence-electron chi connectivity index (χ1n) is 6.17. The molecule has 0 amide bonds. The number of hydrogen-bond acceptors (Lipinski definition) is 3. The molecule has 17 heavy (non-hydrogen) atoms. The third-order valence-corrected chi connectivity index (χ3v) is 3.97. The summed E-state index contributed by atoms with van der Waals surface area (Å²) < 4.78 is 5.02. The number of ether oxygens (including phenoxy) is 1. The lowest BCUT2D eigenvalue weighted by molar-refractivity contribution is 0.0410. The maximum Gasteiger partial charge on any atom is 0.124 e. The summed E-state index contributed by atoms with van der Waals surface area (Å²) in [5.74, 6) is 0.445. The van der Waals surface area contributed by atoms with Gasteiger partial charge in [-0.3, -0.25) is 4.99 Å². The molecule has 0 saturated heterocycles. The number of aliphatic imine (C=N–C) groups is 1. The van der Waals surface area contributed by atoms with Gasteiger partial charge in [-0.05, 0) is 18.1 Å². The van der Waals surface area contributed by atoms with Crippen molar-refractivity contribution < 1.29 is 9.84 Å². The first-order chi connectivity index (χ1) is 8.01. The Morgan fingerprint density at radius 3 is 2.82 bits per heavy atom. The van der Waals surface area contributed by atoms with Gasteiger partial charge in [0.1, 0.15) is 5.60 Å². The van der Waals surface area contributed by atoms with Gasteiger partial charge in [0.15, 0.2) is 0 Å². The molecule has 1 fully saturated rings. The largest absolute Gasteiger partial charge is 0.381 e. The fourth-order valence-electron chi connectivity index (χ4n) is 2.67. The molecule has 3 heteroatoms. The molecule has 1 saturated carbocycles. The van der Waals surface area contributed by atoms with Gasteiger partial charge in [0.25, 0.3) is 0 Å². The van der Waals surface area contributed by atoms with Gasteiger partial charge < -0.3 is 9.84 Å². The molecule has 0 aromatic rings. The summed E-state index contributed by atoms with van der Waals surface area (Å²) in [6.07, 6.45) is 5.50. The second kappa shape index (κ2) is 4.07. The molecule has 1 heterocycles. The van der Waals surface area contributed by atoms with Crippen molar-refractivity contribution in [3.8, 4) is 0 Å². The van der Waals surface area contributed by atoms with E-state index in [0.29, 0.717) is 5.92 Å². The Bertz CT molecular complexity index is 399. The molecule has 0 aromatic carbocycles. The first-order valence-corrected chi connectivity index (χ1v) is 6.17. The minimum absolute atomic E-state index is 0.00999. The zero-order valence-electron chi connectivity index (χ0n) is 10.9. The van der Waals surface area contributed by atoms with Crippen LogP contribution in [0, 0.1) is 5.92 Å². The highest BCUT2D eigenvalue weighted by atomic mass is 16.5. The third kappa shape index (κ3) is 1.87. The minimum atomic E-state index is -1.06. The second-order valence-electron chi connectivity index (χ2n) is 5.08. The van der Waals surface area contributed by atoms with Crippen LogP contribution in [0.1, 0.15) is 26.7 Å². The highest BCUT2D eigenvalue weighted by Gasteiger charge is 2.62. The maximum absolute atomic E-state index is 10.3. The van der Waals surface area contributed by atoms with E-state index in [1.165, 1.54) is 17.4 Å². The monoisotopic (exact) mass is 235 g/mol. The summed E-state index contributed by atoms with van der Waals surface area (Å²) in [7, 11) is 1.58. The van der Waals surface area contributed by atoms with Crippen molar-refractivity contribution in [3.05, 3.63) is 24.3 Å². The summed E-state index contributed by atoms with van der Waals surface area (Å²) in [6, 6.07) is 0. The van der Waals surface area contributed by atoms with E-state index in [0.717, 1.165) is 12.8 Å². The van der Waals surface area contributed by atoms with Crippen LogP contribution in [0.3, 0.4) is 0 Å². The van der Waals surface area contributed by atoms with E-state index in [1.807, 2.05) is 6.08 Å². The molecule has 1 spiro atoms. The average molecular weight is 235 g/mol. The van der Waals surface area contributed by atoms with Crippen LogP contribution in [0.5, 0.6) is 0 Å². The lowest BCUT2D eigenvalue weighted by Gasteiger charge is -2.25. The zero-order chi connectivity index (χ0) is 12.7. The normalized spacial score (nSPS) is 36.4. The van der Waals surface area contributed by atoms with Crippen LogP contribution in [0.2, 0.25) is 0 Å². The van der Waals surface area contributed by atoms with Gasteiger partial charge in [-0.1, -0.05) is 26.5 Å². The predicted molar refractivity (Wildman–Crippen MR) is 69.3 cm³/mol. The van der Waals surface area contributed by atoms with Gasteiger partial charge in [0, 0.05) is 25.2 Å². The number of aliphatic hydroxyl groups is 1. The van der Waals surface area contributed by atoms with Crippen LogP contribution in [0.4, 0.5) is 0 Å². The fourth-order valence-corrected chi connectivity index (χ4v) is 2.67. The average Bonchev–Trinajstić information content (AvgIpc) is 2.81. The van der Waals surface area contributed by atoms with Crippen LogP contribution >= 0.6 is 0 Å². The quantitative estimate of drug-likeness (QED) is 0.742. The van der Waals surface area contributed by atoms with E-state index in [9.17, 15) is 5.11 Å². The van der Waals surface area contributed by atoms with Crippen molar-refractivity contribution in [2.45, 2.75) is 37.8 Å². The molecule has 3 nitrogen and oxygen atoms in total. The van der Waals surface area contributed by atoms with E-state index in [1.54, 1.807) is 7.11 Å². The zero-order valence-corrected chi connectivity index (χ0v) is 10.9. The van der Waals surface area contributed by atoms with Gasteiger partial charge in [-0.2, -0.15) is 0 Å². The minimum Gasteiger partial charge on any atom is -0.381 e. The number of nitrogens with zero attached hydrogens (tertiary/aromatic N) is 1. The fraction of sp³-hybridized carbons (Fsp3) is 0.643. The highest BCUT2D eigenvalue weighted by molar-refractivity contribution is 5.94. The smallest absolute Gasteiger partial charge is 0.124 e. The summed E-state index contributed by atoms with van der Waals surface area (Å²) in [6.45, 7) is 8.21. The molecule has 3 unspecified atom stereocenters. The van der Waals surface area contributed by atoms with Crippen molar-refractivity contribution in [1.82, 2.24) is 0 Å². The number of rotatable bonds is 5. The standard InChI is InChI=1S/C14H21NO2/c1-5-11-7-14(15-11)10(3)12(14)8-13(16,6-2)9-17-4/h6,8,10,16H,2,5,7,9H2,1,3-4H3/b12-8+. The molecule has 1 aliphatic carbocycles. The maximum atomic E-state index is 10.3. The Morgan fingerprint density at radius 2 is 2.35 bits per heavy atom. The highest BCUT2D eigenvalue weighted by Crippen LogP contribution is 2.60. The number of hydrogen-bond donors (Lipinski definition) is 1. The van der Waals surface area contributed by atoms with E-state index < -0.39 is 5.60 Å². The van der Waals surface area contributed by atoms with Crippen LogP contribution in [0.15, 0.2) is 29.3 Å². The van der Waals surface area contributed by atoms with Crippen molar-refractivity contribution in [2.24, 2.45) is 10.9 Å². The molecule has 2 rings (SSSR count). The summed E-state index contributed by atoms with van der Waals surface area (Å²) in [4.78, 5) is 4.69. The van der Waals surface area contributed by atoms with Crippen LogP contribution in [-0.4, -0.2) is 35.7 Å². The van der Waals surface area contributed by atoms with Gasteiger partial charge >= 0.3 is 0 Å². The van der Waals surface area contributed by atoms with Crippen LogP contribution < -0.4 is 0 Å². The predicted octanol–water partition coefficient (Wildman–Crippen LogP) is 2.12. The van der Waals surface area contributed by atoms with Crippen molar-refractivity contribution in [2.75, 3.05) is 13.7 Å². The molecule has 0 aromatic heterocycles. The molecule has 94 valence electrons. The molecular weight excluding hydrogens is 214 g/mol. The van der Waals surface area contributed by atoms with Gasteiger partial charge in [-0.15, -0.1) is 0 Å². The molecule has 2 aliphatic rings. The van der Waals surface area contributed by atoms with E-state index in [-0.39, 0.29) is 12.1 Å². The molecule has 0 bridgehead atoms. The number of methoxy groups -OCH3 is 1. The second-order valence-corrected chi connectivity index (χ2v) is 5.08. The Morgan fingerprint density at radius 1 is 1.71 bits per heavy atom. The van der Waals surface area contributed by atoms with Crippen LogP contribution in [-0.2, 0) is 4.74 Å². The molecule has 1 aliphatic heterocycles. The van der Waals surface area contributed by atoms with Crippen molar-refractivity contribution in [3.63, 3.8) is 0 Å². The lowest BCUT2D eigenvalue weighted by atomic mass is 9.95. The molecule has 3 atom stereocenters. The van der Waals surface area contributed by atoms with Gasteiger partial charge in [0.05, 0.1) is 12.1 Å². The molecule has 1 N–H and O–H groups in total. The topological polar surface area (TPSA) is 41.8 Å². The summed E-state index contributed by atoms with van der Waals surface area (Å²) >= 11 is 0. The van der Waals surface area contributed by atoms with Crippen LogP contribution in [0.25, 0.3) is 0 Å².